The number of hydrogen-bond donors (Lipinski definition) is 1. The number of hydrogen-bond acceptors (Lipinski definition) is 2. The number of piperazine rings is 1. The molecule has 1 heterocycles. The smallest absolute Gasteiger partial charge is 0.0195 e. The van der Waals surface area contributed by atoms with Crippen molar-refractivity contribution in [1.29, 1.82) is 0 Å². The summed E-state index contributed by atoms with van der Waals surface area (Å²) < 4.78 is 0. The molecule has 1 atom stereocenters. The van der Waals surface area contributed by atoms with Crippen LogP contribution in [0.2, 0.25) is 0 Å². The van der Waals surface area contributed by atoms with Crippen molar-refractivity contribution in [1.82, 2.24) is 10.2 Å². The molecule has 0 unspecified atom stereocenters. The zero-order valence-corrected chi connectivity index (χ0v) is 8.05. The van der Waals surface area contributed by atoms with Gasteiger partial charge in [-0.05, 0) is 19.8 Å². The van der Waals surface area contributed by atoms with Crippen LogP contribution in [0.25, 0.3) is 0 Å². The predicted molar refractivity (Wildman–Crippen MR) is 51.3 cm³/mol. The van der Waals surface area contributed by atoms with E-state index >= 15 is 0 Å². The molecule has 0 amide bonds. The molecule has 0 bridgehead atoms. The maximum Gasteiger partial charge on any atom is 0.0195 e. The fourth-order valence-corrected chi connectivity index (χ4v) is 2.64. The summed E-state index contributed by atoms with van der Waals surface area (Å²) in [7, 11) is 0. The average molecular weight is 168 g/mol. The van der Waals surface area contributed by atoms with E-state index in [4.69, 9.17) is 0 Å². The minimum Gasteiger partial charge on any atom is -0.314 e. The Morgan fingerprint density at radius 3 is 2.67 bits per heavy atom. The van der Waals surface area contributed by atoms with E-state index in [2.05, 4.69) is 17.1 Å². The van der Waals surface area contributed by atoms with Gasteiger partial charge in [-0.15, -0.1) is 0 Å². The van der Waals surface area contributed by atoms with E-state index in [1.165, 1.54) is 45.3 Å². The van der Waals surface area contributed by atoms with Crippen molar-refractivity contribution in [2.75, 3.05) is 19.6 Å². The molecule has 2 fully saturated rings. The molecule has 0 aromatic heterocycles. The van der Waals surface area contributed by atoms with Gasteiger partial charge in [0, 0.05) is 31.7 Å². The van der Waals surface area contributed by atoms with Crippen molar-refractivity contribution in [3.63, 3.8) is 0 Å². The Bertz CT molecular complexity index is 141. The normalized spacial score (nSPS) is 34.2. The molecule has 1 saturated carbocycles. The summed E-state index contributed by atoms with van der Waals surface area (Å²) in [5.41, 5.74) is 0. The minimum atomic E-state index is 0.766. The van der Waals surface area contributed by atoms with E-state index < -0.39 is 0 Å². The standard InChI is InChI=1S/C10H20N2/c1-9-8-11-6-7-12(9)10-4-2-3-5-10/h9-11H,2-8H2,1H3/t9-/m0/s1. The number of rotatable bonds is 1. The van der Waals surface area contributed by atoms with Crippen molar-refractivity contribution in [2.45, 2.75) is 44.7 Å². The Morgan fingerprint density at radius 1 is 1.25 bits per heavy atom. The van der Waals surface area contributed by atoms with Crippen LogP contribution in [0.4, 0.5) is 0 Å². The molecule has 2 aliphatic rings. The summed E-state index contributed by atoms with van der Waals surface area (Å²) in [5.74, 6) is 0. The molecule has 1 saturated heterocycles. The molecule has 2 heteroatoms. The molecule has 0 spiro atoms. The highest BCUT2D eigenvalue weighted by molar-refractivity contribution is 4.85. The monoisotopic (exact) mass is 168 g/mol. The third-order valence-corrected chi connectivity index (χ3v) is 3.35. The van der Waals surface area contributed by atoms with Crippen LogP contribution >= 0.6 is 0 Å². The molecule has 2 rings (SSSR count). The topological polar surface area (TPSA) is 15.3 Å². The van der Waals surface area contributed by atoms with Crippen LogP contribution in [0.1, 0.15) is 32.6 Å². The molecule has 1 N–H and O–H groups in total. The lowest BCUT2D eigenvalue weighted by Crippen LogP contribution is -2.53. The first-order valence-electron chi connectivity index (χ1n) is 5.34. The lowest BCUT2D eigenvalue weighted by molar-refractivity contribution is 0.119. The van der Waals surface area contributed by atoms with E-state index in [1.54, 1.807) is 0 Å². The lowest BCUT2D eigenvalue weighted by atomic mass is 10.1. The van der Waals surface area contributed by atoms with Gasteiger partial charge in [0.1, 0.15) is 0 Å². The Kier molecular flexibility index (Phi) is 2.66. The molecule has 0 aromatic rings. The van der Waals surface area contributed by atoms with Gasteiger partial charge in [0.25, 0.3) is 0 Å². The summed E-state index contributed by atoms with van der Waals surface area (Å²) in [6, 6.07) is 1.68. The van der Waals surface area contributed by atoms with E-state index in [-0.39, 0.29) is 0 Å². The highest BCUT2D eigenvalue weighted by Gasteiger charge is 2.27. The second kappa shape index (κ2) is 3.75. The molecule has 12 heavy (non-hydrogen) atoms. The maximum atomic E-state index is 3.45. The highest BCUT2D eigenvalue weighted by Crippen LogP contribution is 2.25. The van der Waals surface area contributed by atoms with E-state index in [9.17, 15) is 0 Å². The molecular weight excluding hydrogens is 148 g/mol. The van der Waals surface area contributed by atoms with E-state index in [1.807, 2.05) is 0 Å². The minimum absolute atomic E-state index is 0.766. The quantitative estimate of drug-likeness (QED) is 0.633. The van der Waals surface area contributed by atoms with Crippen LogP contribution in [0.5, 0.6) is 0 Å². The molecule has 2 nitrogen and oxygen atoms in total. The number of nitrogens with zero attached hydrogens (tertiary/aromatic N) is 1. The van der Waals surface area contributed by atoms with Crippen molar-refractivity contribution in [2.24, 2.45) is 0 Å². The van der Waals surface area contributed by atoms with Gasteiger partial charge in [-0.2, -0.15) is 0 Å². The van der Waals surface area contributed by atoms with Crippen LogP contribution in [0.3, 0.4) is 0 Å². The second-order valence-electron chi connectivity index (χ2n) is 4.23. The fraction of sp³-hybridized carbons (Fsp3) is 1.00. The van der Waals surface area contributed by atoms with Crippen LogP contribution in [0.15, 0.2) is 0 Å². The zero-order valence-electron chi connectivity index (χ0n) is 8.05. The van der Waals surface area contributed by atoms with Crippen LogP contribution in [-0.4, -0.2) is 36.6 Å². The van der Waals surface area contributed by atoms with Crippen LogP contribution in [0, 0.1) is 0 Å². The van der Waals surface area contributed by atoms with Gasteiger partial charge in [-0.1, -0.05) is 12.8 Å². The van der Waals surface area contributed by atoms with Gasteiger partial charge in [-0.3, -0.25) is 4.90 Å². The molecule has 0 radical (unpaired) electrons. The van der Waals surface area contributed by atoms with Gasteiger partial charge in [-0.25, -0.2) is 0 Å². The fourth-order valence-electron chi connectivity index (χ4n) is 2.64. The highest BCUT2D eigenvalue weighted by atomic mass is 15.2. The Morgan fingerprint density at radius 2 is 2.00 bits per heavy atom. The van der Waals surface area contributed by atoms with Crippen molar-refractivity contribution >= 4 is 0 Å². The summed E-state index contributed by atoms with van der Waals surface area (Å²) in [6.07, 6.45) is 5.82. The van der Waals surface area contributed by atoms with Crippen molar-refractivity contribution in [3.8, 4) is 0 Å². The van der Waals surface area contributed by atoms with Gasteiger partial charge < -0.3 is 5.32 Å². The Labute approximate surface area is 75.3 Å². The summed E-state index contributed by atoms with van der Waals surface area (Å²) in [5, 5.41) is 3.45. The van der Waals surface area contributed by atoms with Crippen LogP contribution in [-0.2, 0) is 0 Å². The largest absolute Gasteiger partial charge is 0.314 e. The van der Waals surface area contributed by atoms with Crippen molar-refractivity contribution in [3.05, 3.63) is 0 Å². The van der Waals surface area contributed by atoms with Crippen LogP contribution < -0.4 is 5.32 Å². The molecular formula is C10H20N2. The van der Waals surface area contributed by atoms with Gasteiger partial charge in [0.2, 0.25) is 0 Å². The van der Waals surface area contributed by atoms with Gasteiger partial charge in [0.05, 0.1) is 0 Å². The number of nitrogens with one attached hydrogen (secondary N) is 1. The zero-order chi connectivity index (χ0) is 8.39. The third-order valence-electron chi connectivity index (χ3n) is 3.35. The molecule has 70 valence electrons. The molecule has 1 aliphatic heterocycles. The first kappa shape index (κ1) is 8.52. The second-order valence-corrected chi connectivity index (χ2v) is 4.23. The Balaban J connectivity index is 1.91. The average Bonchev–Trinajstić information content (AvgIpc) is 2.57. The first-order chi connectivity index (χ1) is 5.88. The summed E-state index contributed by atoms with van der Waals surface area (Å²) in [6.45, 7) is 6.01. The first-order valence-corrected chi connectivity index (χ1v) is 5.34. The maximum absolute atomic E-state index is 3.45. The van der Waals surface area contributed by atoms with Gasteiger partial charge >= 0.3 is 0 Å². The SMILES string of the molecule is C[C@H]1CNCCN1C1CCCC1. The lowest BCUT2D eigenvalue weighted by Gasteiger charge is -2.38. The van der Waals surface area contributed by atoms with E-state index in [0.717, 1.165) is 12.1 Å². The molecule has 0 aromatic carbocycles. The summed E-state index contributed by atoms with van der Waals surface area (Å²) >= 11 is 0. The predicted octanol–water partition coefficient (Wildman–Crippen LogP) is 1.22. The molecule has 1 aliphatic carbocycles. The summed E-state index contributed by atoms with van der Waals surface area (Å²) in [4.78, 5) is 2.71. The Hall–Kier alpha value is -0.0800. The van der Waals surface area contributed by atoms with E-state index in [0.29, 0.717) is 0 Å². The van der Waals surface area contributed by atoms with Gasteiger partial charge in [0.15, 0.2) is 0 Å². The third kappa shape index (κ3) is 1.64. The van der Waals surface area contributed by atoms with Crippen molar-refractivity contribution < 1.29 is 0 Å².